The van der Waals surface area contributed by atoms with Crippen LogP contribution in [0.5, 0.6) is 5.75 Å². The lowest BCUT2D eigenvalue weighted by Gasteiger charge is -2.24. The van der Waals surface area contributed by atoms with Crippen molar-refractivity contribution in [2.45, 2.75) is 38.6 Å². The topological polar surface area (TPSA) is 72.6 Å². The smallest absolute Gasteiger partial charge is 0.229 e. The first-order chi connectivity index (χ1) is 10.1. The van der Waals surface area contributed by atoms with Crippen molar-refractivity contribution in [2.24, 2.45) is 5.73 Å². The number of rotatable bonds is 5. The van der Waals surface area contributed by atoms with Crippen molar-refractivity contribution in [1.82, 2.24) is 4.90 Å². The third kappa shape index (κ3) is 3.82. The molecule has 0 aliphatic carbocycles. The second kappa shape index (κ2) is 7.22. The van der Waals surface area contributed by atoms with Crippen LogP contribution in [0.4, 0.5) is 0 Å². The van der Waals surface area contributed by atoms with E-state index in [0.717, 1.165) is 18.4 Å². The van der Waals surface area contributed by atoms with Crippen molar-refractivity contribution < 1.29 is 14.3 Å². The summed E-state index contributed by atoms with van der Waals surface area (Å²) in [7, 11) is 0. The van der Waals surface area contributed by atoms with Gasteiger partial charge in [-0.15, -0.1) is 0 Å². The van der Waals surface area contributed by atoms with Gasteiger partial charge in [-0.3, -0.25) is 14.5 Å². The Balaban J connectivity index is 2.14. The monoisotopic (exact) mass is 290 g/mol. The summed E-state index contributed by atoms with van der Waals surface area (Å²) in [6.07, 6.45) is 2.38. The summed E-state index contributed by atoms with van der Waals surface area (Å²) < 4.78 is 5.56. The Bertz CT molecular complexity index is 498. The summed E-state index contributed by atoms with van der Waals surface area (Å²) in [6.45, 7) is 2.66. The minimum atomic E-state index is -0.432. The van der Waals surface area contributed by atoms with Crippen LogP contribution in [-0.2, 0) is 9.59 Å². The standard InChI is InChI=1S/C16H22N2O3/c1-2-21-14-8-4-3-7-12(14)13(17)11-18-15(19)9-5-6-10-16(18)20/h3-4,7-8,13H,2,5-6,9-11,17H2,1H3. The number of imide groups is 1. The lowest BCUT2D eigenvalue weighted by molar-refractivity contribution is -0.144. The fourth-order valence-electron chi connectivity index (χ4n) is 2.53. The van der Waals surface area contributed by atoms with E-state index in [0.29, 0.717) is 25.2 Å². The van der Waals surface area contributed by atoms with Crippen molar-refractivity contribution in [3.8, 4) is 5.75 Å². The van der Waals surface area contributed by atoms with Crippen molar-refractivity contribution >= 4 is 11.8 Å². The zero-order valence-corrected chi connectivity index (χ0v) is 12.4. The molecule has 1 aliphatic heterocycles. The highest BCUT2D eigenvalue weighted by Crippen LogP contribution is 2.25. The third-order valence-corrected chi connectivity index (χ3v) is 3.63. The van der Waals surface area contributed by atoms with Crippen LogP contribution in [0.15, 0.2) is 24.3 Å². The van der Waals surface area contributed by atoms with Crippen molar-refractivity contribution in [3.05, 3.63) is 29.8 Å². The van der Waals surface area contributed by atoms with Crippen molar-refractivity contribution in [2.75, 3.05) is 13.2 Å². The molecule has 5 nitrogen and oxygen atoms in total. The van der Waals surface area contributed by atoms with Crippen LogP contribution in [0.2, 0.25) is 0 Å². The maximum Gasteiger partial charge on any atom is 0.229 e. The fraction of sp³-hybridized carbons (Fsp3) is 0.500. The average Bonchev–Trinajstić information content (AvgIpc) is 2.63. The Kier molecular flexibility index (Phi) is 5.33. The molecular weight excluding hydrogens is 268 g/mol. The minimum Gasteiger partial charge on any atom is -0.494 e. The van der Waals surface area contributed by atoms with Crippen LogP contribution >= 0.6 is 0 Å². The van der Waals surface area contributed by atoms with Crippen molar-refractivity contribution in [3.63, 3.8) is 0 Å². The molecule has 1 aliphatic rings. The van der Waals surface area contributed by atoms with Gasteiger partial charge in [-0.1, -0.05) is 18.2 Å². The first-order valence-corrected chi connectivity index (χ1v) is 7.44. The van der Waals surface area contributed by atoms with Gasteiger partial charge in [0, 0.05) is 24.9 Å². The van der Waals surface area contributed by atoms with Crippen molar-refractivity contribution in [1.29, 1.82) is 0 Å². The highest BCUT2D eigenvalue weighted by Gasteiger charge is 2.26. The normalized spacial score (nSPS) is 17.5. The largest absolute Gasteiger partial charge is 0.494 e. The van der Waals surface area contributed by atoms with Crippen LogP contribution in [0, 0.1) is 0 Å². The van der Waals surface area contributed by atoms with Gasteiger partial charge in [0.05, 0.1) is 12.6 Å². The van der Waals surface area contributed by atoms with Gasteiger partial charge >= 0.3 is 0 Å². The molecule has 114 valence electrons. The number of carbonyl (C=O) groups is 2. The SMILES string of the molecule is CCOc1ccccc1C(N)CN1C(=O)CCCCC1=O. The van der Waals surface area contributed by atoms with E-state index >= 15 is 0 Å². The van der Waals surface area contributed by atoms with Gasteiger partial charge in [0.15, 0.2) is 0 Å². The number of nitrogens with two attached hydrogens (primary N) is 1. The molecule has 5 heteroatoms. The number of hydrogen-bond donors (Lipinski definition) is 1. The minimum absolute atomic E-state index is 0.123. The first kappa shape index (κ1) is 15.5. The molecule has 0 saturated carbocycles. The molecule has 2 rings (SSSR count). The number of amides is 2. The predicted octanol–water partition coefficient (Wildman–Crippen LogP) is 2.01. The zero-order chi connectivity index (χ0) is 15.2. The van der Waals surface area contributed by atoms with Crippen LogP contribution in [0.25, 0.3) is 0 Å². The Morgan fingerprint density at radius 2 is 1.81 bits per heavy atom. The summed E-state index contributed by atoms with van der Waals surface area (Å²) in [4.78, 5) is 25.3. The van der Waals surface area contributed by atoms with Gasteiger partial charge in [-0.2, -0.15) is 0 Å². The van der Waals surface area contributed by atoms with E-state index in [2.05, 4.69) is 0 Å². The maximum atomic E-state index is 12.0. The zero-order valence-electron chi connectivity index (χ0n) is 12.4. The number of nitrogens with zero attached hydrogens (tertiary/aromatic N) is 1. The molecule has 0 bridgehead atoms. The number of ether oxygens (including phenoxy) is 1. The van der Waals surface area contributed by atoms with Gasteiger partial charge in [-0.05, 0) is 25.8 Å². The van der Waals surface area contributed by atoms with Gasteiger partial charge in [-0.25, -0.2) is 0 Å². The molecule has 1 heterocycles. The molecule has 2 N–H and O–H groups in total. The molecule has 1 aromatic rings. The van der Waals surface area contributed by atoms with E-state index in [1.165, 1.54) is 4.90 Å². The van der Waals surface area contributed by atoms with E-state index in [1.54, 1.807) is 0 Å². The molecule has 1 saturated heterocycles. The Hall–Kier alpha value is -1.88. The quantitative estimate of drug-likeness (QED) is 0.842. The molecule has 1 aromatic carbocycles. The summed E-state index contributed by atoms with van der Waals surface area (Å²) >= 11 is 0. The van der Waals surface area contributed by atoms with Crippen LogP contribution in [0.3, 0.4) is 0 Å². The Morgan fingerprint density at radius 3 is 2.43 bits per heavy atom. The number of carbonyl (C=O) groups excluding carboxylic acids is 2. The number of likely N-dealkylation sites (tertiary alicyclic amines) is 1. The lowest BCUT2D eigenvalue weighted by atomic mass is 10.1. The van der Waals surface area contributed by atoms with E-state index in [-0.39, 0.29) is 18.4 Å². The van der Waals surface area contributed by atoms with Crippen LogP contribution < -0.4 is 10.5 Å². The molecule has 1 unspecified atom stereocenters. The molecule has 1 atom stereocenters. The van der Waals surface area contributed by atoms with E-state index in [4.69, 9.17) is 10.5 Å². The maximum absolute atomic E-state index is 12.0. The molecule has 21 heavy (non-hydrogen) atoms. The summed E-state index contributed by atoms with van der Waals surface area (Å²) in [5, 5.41) is 0. The molecule has 1 fully saturated rings. The average molecular weight is 290 g/mol. The Labute approximate surface area is 125 Å². The van der Waals surface area contributed by atoms with Crippen LogP contribution in [-0.4, -0.2) is 29.9 Å². The second-order valence-corrected chi connectivity index (χ2v) is 5.18. The van der Waals surface area contributed by atoms with Gasteiger partial charge in [0.2, 0.25) is 11.8 Å². The molecule has 0 radical (unpaired) electrons. The number of benzene rings is 1. The summed E-state index contributed by atoms with van der Waals surface area (Å²) in [5.74, 6) is 0.464. The molecule has 0 aromatic heterocycles. The summed E-state index contributed by atoms with van der Waals surface area (Å²) in [6, 6.07) is 7.05. The van der Waals surface area contributed by atoms with E-state index in [1.807, 2.05) is 31.2 Å². The molecular formula is C16H22N2O3. The summed E-state index contributed by atoms with van der Waals surface area (Å²) in [5.41, 5.74) is 7.03. The number of hydrogen-bond acceptors (Lipinski definition) is 4. The van der Waals surface area contributed by atoms with Gasteiger partial charge in [0.1, 0.15) is 5.75 Å². The second-order valence-electron chi connectivity index (χ2n) is 5.18. The third-order valence-electron chi connectivity index (χ3n) is 3.63. The fourth-order valence-corrected chi connectivity index (χ4v) is 2.53. The van der Waals surface area contributed by atoms with E-state index in [9.17, 15) is 9.59 Å². The first-order valence-electron chi connectivity index (χ1n) is 7.44. The van der Waals surface area contributed by atoms with Gasteiger partial charge < -0.3 is 10.5 Å². The van der Waals surface area contributed by atoms with E-state index < -0.39 is 6.04 Å². The number of para-hydroxylation sites is 1. The molecule has 0 spiro atoms. The highest BCUT2D eigenvalue weighted by atomic mass is 16.5. The highest BCUT2D eigenvalue weighted by molar-refractivity contribution is 5.96. The molecule has 2 amide bonds. The van der Waals surface area contributed by atoms with Gasteiger partial charge in [0.25, 0.3) is 0 Å². The Morgan fingerprint density at radius 1 is 1.19 bits per heavy atom. The van der Waals surface area contributed by atoms with Crippen LogP contribution in [0.1, 0.15) is 44.2 Å². The lowest BCUT2D eigenvalue weighted by Crippen LogP contribution is -2.40. The predicted molar refractivity (Wildman–Crippen MR) is 79.7 cm³/mol.